The topological polar surface area (TPSA) is 109 Å². The van der Waals surface area contributed by atoms with Crippen LogP contribution in [-0.2, 0) is 10.0 Å². The summed E-state index contributed by atoms with van der Waals surface area (Å²) in [6.07, 6.45) is 3.71. The molecule has 1 heterocycles. The Balaban J connectivity index is 3.14. The van der Waals surface area contributed by atoms with E-state index in [2.05, 4.69) is 9.71 Å². The minimum Gasteiger partial charge on any atom is -0.329 e. The van der Waals surface area contributed by atoms with Crippen molar-refractivity contribution in [2.45, 2.75) is 37.1 Å². The lowest BCUT2D eigenvalue weighted by molar-refractivity contribution is 0.363. The highest BCUT2D eigenvalue weighted by atomic mass is 32.2. The maximum absolute atomic E-state index is 12.3. The quantitative estimate of drug-likeness (QED) is 0.800. The summed E-state index contributed by atoms with van der Waals surface area (Å²) in [5.74, 6) is 0. The van der Waals surface area contributed by atoms with Gasteiger partial charge in [0, 0.05) is 24.5 Å². The zero-order valence-electron chi connectivity index (χ0n) is 11.0. The van der Waals surface area contributed by atoms with Gasteiger partial charge in [-0.25, -0.2) is 13.1 Å². The van der Waals surface area contributed by atoms with Crippen LogP contribution in [0.5, 0.6) is 0 Å². The Morgan fingerprint density at radius 2 is 2.05 bits per heavy atom. The predicted octanol–water partition coefficient (Wildman–Crippen LogP) is 0.749. The lowest BCUT2D eigenvalue weighted by Crippen LogP contribution is -2.52. The molecule has 6 nitrogen and oxygen atoms in total. The summed E-state index contributed by atoms with van der Waals surface area (Å²) in [6.45, 7) is 3.97. The fourth-order valence-corrected chi connectivity index (χ4v) is 3.24. The SMILES string of the molecule is CCC(CC)(CN)NS(=O)(=O)c1cncc(C#N)c1. The molecule has 0 aromatic carbocycles. The first kappa shape index (κ1) is 15.6. The third-order valence-electron chi connectivity index (χ3n) is 3.25. The predicted molar refractivity (Wildman–Crippen MR) is 71.6 cm³/mol. The third-order valence-corrected chi connectivity index (χ3v) is 4.79. The van der Waals surface area contributed by atoms with Crippen LogP contribution in [0.4, 0.5) is 0 Å². The van der Waals surface area contributed by atoms with Crippen LogP contribution in [0.15, 0.2) is 23.4 Å². The molecule has 0 aliphatic carbocycles. The minimum atomic E-state index is -3.73. The van der Waals surface area contributed by atoms with Gasteiger partial charge in [0.2, 0.25) is 10.0 Å². The molecular formula is C12H18N4O2S. The van der Waals surface area contributed by atoms with E-state index >= 15 is 0 Å². The monoisotopic (exact) mass is 282 g/mol. The number of nitrogens with zero attached hydrogens (tertiary/aromatic N) is 2. The maximum atomic E-state index is 12.3. The van der Waals surface area contributed by atoms with E-state index < -0.39 is 15.6 Å². The fourth-order valence-electron chi connectivity index (χ4n) is 1.70. The van der Waals surface area contributed by atoms with Gasteiger partial charge in [-0.3, -0.25) is 4.98 Å². The van der Waals surface area contributed by atoms with E-state index in [-0.39, 0.29) is 17.0 Å². The van der Waals surface area contributed by atoms with Gasteiger partial charge in [0.1, 0.15) is 11.0 Å². The second-order valence-corrected chi connectivity index (χ2v) is 6.00. The van der Waals surface area contributed by atoms with Crippen molar-refractivity contribution in [2.24, 2.45) is 5.73 Å². The number of aromatic nitrogens is 1. The van der Waals surface area contributed by atoms with Crippen molar-refractivity contribution in [2.75, 3.05) is 6.54 Å². The molecule has 0 radical (unpaired) electrons. The summed E-state index contributed by atoms with van der Waals surface area (Å²) < 4.78 is 27.2. The molecule has 0 spiro atoms. The van der Waals surface area contributed by atoms with E-state index in [0.29, 0.717) is 12.8 Å². The Kier molecular flexibility index (Phi) is 5.00. The van der Waals surface area contributed by atoms with Gasteiger partial charge in [0.05, 0.1) is 5.56 Å². The Bertz CT molecular complexity index is 565. The van der Waals surface area contributed by atoms with Gasteiger partial charge in [0.25, 0.3) is 0 Å². The fraction of sp³-hybridized carbons (Fsp3) is 0.500. The van der Waals surface area contributed by atoms with Gasteiger partial charge in [-0.05, 0) is 18.9 Å². The molecule has 1 aromatic rings. The molecule has 0 aliphatic rings. The van der Waals surface area contributed by atoms with Crippen LogP contribution in [-0.4, -0.2) is 25.5 Å². The number of hydrogen-bond acceptors (Lipinski definition) is 5. The highest BCUT2D eigenvalue weighted by Crippen LogP contribution is 2.18. The first-order valence-electron chi connectivity index (χ1n) is 6.02. The third kappa shape index (κ3) is 3.50. The Hall–Kier alpha value is -1.49. The van der Waals surface area contributed by atoms with Crippen molar-refractivity contribution < 1.29 is 8.42 Å². The molecule has 7 heteroatoms. The number of nitrogens with one attached hydrogen (secondary N) is 1. The average Bonchev–Trinajstić information content (AvgIpc) is 2.45. The van der Waals surface area contributed by atoms with Gasteiger partial charge in [0.15, 0.2) is 0 Å². The lowest BCUT2D eigenvalue weighted by Gasteiger charge is -2.30. The second-order valence-electron chi connectivity index (χ2n) is 4.32. The largest absolute Gasteiger partial charge is 0.329 e. The molecule has 0 saturated carbocycles. The molecule has 0 atom stereocenters. The summed E-state index contributed by atoms with van der Waals surface area (Å²) in [6, 6.07) is 3.16. The van der Waals surface area contributed by atoms with E-state index in [1.54, 1.807) is 0 Å². The van der Waals surface area contributed by atoms with E-state index in [9.17, 15) is 8.42 Å². The summed E-state index contributed by atoms with van der Waals surface area (Å²) in [5, 5.41) is 8.77. The number of nitrogens with two attached hydrogens (primary N) is 1. The minimum absolute atomic E-state index is 0.0220. The summed E-state index contributed by atoms with van der Waals surface area (Å²) in [7, 11) is -3.73. The van der Waals surface area contributed by atoms with E-state index in [1.165, 1.54) is 18.5 Å². The molecule has 0 fully saturated rings. The number of rotatable bonds is 6. The smallest absolute Gasteiger partial charge is 0.242 e. The molecule has 19 heavy (non-hydrogen) atoms. The lowest BCUT2D eigenvalue weighted by atomic mass is 9.95. The van der Waals surface area contributed by atoms with Crippen molar-refractivity contribution in [3.8, 4) is 6.07 Å². The first-order valence-corrected chi connectivity index (χ1v) is 7.50. The molecule has 0 bridgehead atoms. The zero-order chi connectivity index (χ0) is 14.5. The maximum Gasteiger partial charge on any atom is 0.242 e. The van der Waals surface area contributed by atoms with Gasteiger partial charge < -0.3 is 5.73 Å². The normalized spacial score (nSPS) is 12.1. The van der Waals surface area contributed by atoms with Crippen LogP contribution >= 0.6 is 0 Å². The first-order chi connectivity index (χ1) is 8.93. The average molecular weight is 282 g/mol. The van der Waals surface area contributed by atoms with Crippen LogP contribution < -0.4 is 10.5 Å². The van der Waals surface area contributed by atoms with Crippen LogP contribution in [0.3, 0.4) is 0 Å². The Morgan fingerprint density at radius 3 is 2.53 bits per heavy atom. The second kappa shape index (κ2) is 6.10. The van der Waals surface area contributed by atoms with Crippen LogP contribution in [0.2, 0.25) is 0 Å². The van der Waals surface area contributed by atoms with Gasteiger partial charge >= 0.3 is 0 Å². The summed E-state index contributed by atoms with van der Waals surface area (Å²) >= 11 is 0. The van der Waals surface area contributed by atoms with Crippen LogP contribution in [0.25, 0.3) is 0 Å². The number of nitriles is 1. The Labute approximate surface area is 113 Å². The molecule has 0 amide bonds. The van der Waals surface area contributed by atoms with Gasteiger partial charge in [-0.2, -0.15) is 5.26 Å². The van der Waals surface area contributed by atoms with E-state index in [4.69, 9.17) is 11.0 Å². The highest BCUT2D eigenvalue weighted by molar-refractivity contribution is 7.89. The number of hydrogen-bond donors (Lipinski definition) is 2. The van der Waals surface area contributed by atoms with Gasteiger partial charge in [-0.1, -0.05) is 13.8 Å². The molecular weight excluding hydrogens is 264 g/mol. The molecule has 0 saturated heterocycles. The molecule has 0 aliphatic heterocycles. The zero-order valence-corrected chi connectivity index (χ0v) is 11.9. The summed E-state index contributed by atoms with van der Waals surface area (Å²) in [5.41, 5.74) is 5.21. The molecule has 104 valence electrons. The Morgan fingerprint density at radius 1 is 1.42 bits per heavy atom. The van der Waals surface area contributed by atoms with Crippen molar-refractivity contribution in [3.05, 3.63) is 24.0 Å². The number of pyridine rings is 1. The van der Waals surface area contributed by atoms with E-state index in [0.717, 1.165) is 0 Å². The standard InChI is InChI=1S/C12H18N4O2S/c1-3-12(4-2,9-14)16-19(17,18)11-5-10(6-13)7-15-8-11/h5,7-8,16H,3-4,9,14H2,1-2H3. The molecule has 0 unspecified atom stereocenters. The summed E-state index contributed by atoms with van der Waals surface area (Å²) in [4.78, 5) is 3.73. The van der Waals surface area contributed by atoms with Crippen molar-refractivity contribution in [1.82, 2.24) is 9.71 Å². The van der Waals surface area contributed by atoms with Crippen molar-refractivity contribution in [3.63, 3.8) is 0 Å². The number of sulfonamides is 1. The molecule has 3 N–H and O–H groups in total. The van der Waals surface area contributed by atoms with Crippen LogP contribution in [0, 0.1) is 11.3 Å². The molecule has 1 aromatic heterocycles. The van der Waals surface area contributed by atoms with Crippen LogP contribution in [0.1, 0.15) is 32.3 Å². The molecule has 1 rings (SSSR count). The van der Waals surface area contributed by atoms with Crippen molar-refractivity contribution >= 4 is 10.0 Å². The highest BCUT2D eigenvalue weighted by Gasteiger charge is 2.31. The van der Waals surface area contributed by atoms with Gasteiger partial charge in [-0.15, -0.1) is 0 Å². The van der Waals surface area contributed by atoms with Crippen molar-refractivity contribution in [1.29, 1.82) is 5.26 Å². The van der Waals surface area contributed by atoms with E-state index in [1.807, 2.05) is 19.9 Å².